The van der Waals surface area contributed by atoms with Crippen molar-refractivity contribution in [3.63, 3.8) is 0 Å². The van der Waals surface area contributed by atoms with Crippen molar-refractivity contribution in [2.24, 2.45) is 5.92 Å². The maximum atomic E-state index is 13.5. The van der Waals surface area contributed by atoms with E-state index < -0.39 is 54.3 Å². The Morgan fingerprint density at radius 1 is 1.21 bits per heavy atom. The Morgan fingerprint density at radius 3 is 2.64 bits per heavy atom. The van der Waals surface area contributed by atoms with Gasteiger partial charge in [-0.3, -0.25) is 19.2 Å². The van der Waals surface area contributed by atoms with Crippen LogP contribution in [0.15, 0.2) is 29.6 Å². The van der Waals surface area contributed by atoms with Crippen LogP contribution in [0, 0.1) is 5.92 Å². The summed E-state index contributed by atoms with van der Waals surface area (Å²) in [5.41, 5.74) is 0.133. The molecule has 39 heavy (non-hydrogen) atoms. The maximum Gasteiger partial charge on any atom is 0.305 e. The molecule has 2 aliphatic heterocycles. The van der Waals surface area contributed by atoms with Gasteiger partial charge in [0.1, 0.15) is 35.7 Å². The lowest BCUT2D eigenvalue weighted by atomic mass is 10.0. The number of nitrogens with zero attached hydrogens (tertiary/aromatic N) is 2. The monoisotopic (exact) mass is 558 g/mol. The quantitative estimate of drug-likeness (QED) is 0.367. The average Bonchev–Trinajstić information content (AvgIpc) is 3.61. The van der Waals surface area contributed by atoms with Gasteiger partial charge in [-0.25, -0.2) is 4.98 Å². The third kappa shape index (κ3) is 6.53. The van der Waals surface area contributed by atoms with Crippen molar-refractivity contribution >= 4 is 41.3 Å². The van der Waals surface area contributed by atoms with Gasteiger partial charge >= 0.3 is 5.97 Å². The molecule has 2 aromatic rings. The highest BCUT2D eigenvalue weighted by molar-refractivity contribution is 7.09. The highest BCUT2D eigenvalue weighted by Crippen LogP contribution is 2.36. The van der Waals surface area contributed by atoms with E-state index in [0.717, 1.165) is 0 Å². The van der Waals surface area contributed by atoms with Gasteiger partial charge in [0.25, 0.3) is 5.91 Å². The number of carbonyl (C=O) groups is 5. The first-order valence-electron chi connectivity index (χ1n) is 12.6. The molecule has 3 amide bonds. The first-order chi connectivity index (χ1) is 18.7. The Kier molecular flexibility index (Phi) is 8.79. The largest absolute Gasteiger partial charge is 0.485 e. The topological polar surface area (TPSA) is 164 Å². The van der Waals surface area contributed by atoms with Crippen LogP contribution >= 0.6 is 11.3 Å². The molecule has 3 heterocycles. The SMILES string of the molecule is CC(C)[C@H](NC(=O)c1csc(C2COc3ccccc3O2)n1)C(=O)N1CCC[C@H]1C(=O)N[C@H](C=O)CC(=O)O. The number of hydrogen-bond acceptors (Lipinski definition) is 9. The lowest BCUT2D eigenvalue weighted by Crippen LogP contribution is -2.56. The van der Waals surface area contributed by atoms with Gasteiger partial charge in [0.05, 0.1) is 12.5 Å². The van der Waals surface area contributed by atoms with Crippen LogP contribution in [-0.2, 0) is 19.2 Å². The second kappa shape index (κ2) is 12.2. The number of carboxylic acids is 1. The highest BCUT2D eigenvalue weighted by atomic mass is 32.1. The Labute approximate surface area is 228 Å². The Hall–Kier alpha value is -4.00. The molecule has 3 N–H and O–H groups in total. The zero-order chi connectivity index (χ0) is 28.1. The molecule has 4 rings (SSSR count). The zero-order valence-corrected chi connectivity index (χ0v) is 22.3. The fourth-order valence-electron chi connectivity index (χ4n) is 4.49. The van der Waals surface area contributed by atoms with Gasteiger partial charge in [0.2, 0.25) is 11.8 Å². The number of carboxylic acid groups (broad SMARTS) is 1. The second-order valence-corrected chi connectivity index (χ2v) is 10.6. The van der Waals surface area contributed by atoms with Crippen molar-refractivity contribution in [3.8, 4) is 11.5 Å². The molecule has 13 heteroatoms. The third-order valence-corrected chi connectivity index (χ3v) is 7.42. The van der Waals surface area contributed by atoms with E-state index >= 15 is 0 Å². The zero-order valence-electron chi connectivity index (χ0n) is 21.5. The van der Waals surface area contributed by atoms with E-state index in [1.54, 1.807) is 31.4 Å². The van der Waals surface area contributed by atoms with Crippen LogP contribution in [-0.4, -0.2) is 76.2 Å². The number of carbonyl (C=O) groups excluding carboxylic acids is 4. The molecule has 0 bridgehead atoms. The van der Waals surface area contributed by atoms with Crippen LogP contribution < -0.4 is 20.1 Å². The number of rotatable bonds is 10. The van der Waals surface area contributed by atoms with Crippen LogP contribution in [0.25, 0.3) is 0 Å². The summed E-state index contributed by atoms with van der Waals surface area (Å²) in [4.78, 5) is 67.3. The third-order valence-electron chi connectivity index (χ3n) is 6.48. The highest BCUT2D eigenvalue weighted by Gasteiger charge is 2.39. The summed E-state index contributed by atoms with van der Waals surface area (Å²) in [5, 5.41) is 16.2. The van der Waals surface area contributed by atoms with Crippen LogP contribution in [0.1, 0.15) is 54.7 Å². The minimum atomic E-state index is -1.23. The molecule has 2 aliphatic rings. The van der Waals surface area contributed by atoms with Gasteiger partial charge in [0, 0.05) is 11.9 Å². The minimum absolute atomic E-state index is 0.133. The van der Waals surface area contributed by atoms with Gasteiger partial charge in [-0.15, -0.1) is 11.3 Å². The van der Waals surface area contributed by atoms with Gasteiger partial charge < -0.3 is 34.9 Å². The number of likely N-dealkylation sites (tertiary alicyclic amines) is 1. The number of para-hydroxylation sites is 2. The van der Waals surface area contributed by atoms with Crippen molar-refractivity contribution in [1.82, 2.24) is 20.5 Å². The van der Waals surface area contributed by atoms with Crippen LogP contribution in [0.4, 0.5) is 0 Å². The van der Waals surface area contributed by atoms with Crippen LogP contribution in [0.5, 0.6) is 11.5 Å². The molecule has 0 radical (unpaired) electrons. The summed E-state index contributed by atoms with van der Waals surface area (Å²) >= 11 is 1.25. The predicted octanol–water partition coefficient (Wildman–Crippen LogP) is 1.56. The van der Waals surface area contributed by atoms with Crippen molar-refractivity contribution in [3.05, 3.63) is 40.3 Å². The van der Waals surface area contributed by atoms with Gasteiger partial charge in [-0.2, -0.15) is 0 Å². The molecule has 12 nitrogen and oxygen atoms in total. The first-order valence-corrected chi connectivity index (χ1v) is 13.5. The summed E-state index contributed by atoms with van der Waals surface area (Å²) in [6, 6.07) is 4.28. The van der Waals surface area contributed by atoms with Crippen molar-refractivity contribution in [2.45, 2.75) is 57.3 Å². The Bertz CT molecular complexity index is 1250. The number of fused-ring (bicyclic) bond motifs is 1. The van der Waals surface area contributed by atoms with Crippen molar-refractivity contribution in [2.75, 3.05) is 13.2 Å². The number of amides is 3. The lowest BCUT2D eigenvalue weighted by molar-refractivity contribution is -0.142. The number of aromatic nitrogens is 1. The van der Waals surface area contributed by atoms with Gasteiger partial charge in [-0.1, -0.05) is 26.0 Å². The molecule has 1 fully saturated rings. The van der Waals surface area contributed by atoms with E-state index in [0.29, 0.717) is 42.2 Å². The molecule has 0 saturated carbocycles. The van der Waals surface area contributed by atoms with E-state index in [9.17, 15) is 24.0 Å². The summed E-state index contributed by atoms with van der Waals surface area (Å²) in [5.74, 6) is -1.88. The van der Waals surface area contributed by atoms with E-state index in [1.807, 2.05) is 12.1 Å². The van der Waals surface area contributed by atoms with Crippen molar-refractivity contribution in [1.29, 1.82) is 0 Å². The number of nitrogens with one attached hydrogen (secondary N) is 2. The van der Waals surface area contributed by atoms with Crippen LogP contribution in [0.3, 0.4) is 0 Å². The summed E-state index contributed by atoms with van der Waals surface area (Å²) in [7, 11) is 0. The normalized spacial score (nSPS) is 19.7. The Morgan fingerprint density at radius 2 is 1.95 bits per heavy atom. The number of aldehydes is 1. The number of benzene rings is 1. The number of ether oxygens (including phenoxy) is 2. The molecule has 1 saturated heterocycles. The standard InChI is InChI=1S/C26H30N4O8S/c1-14(2)22(26(36)30-9-5-6-17(30)24(35)27-15(11-31)10-21(32)33)29-23(34)16-13-39-25(28-16)20-12-37-18-7-3-4-8-19(18)38-20/h3-4,7-8,11,13-15,17,20,22H,5-6,9-10,12H2,1-2H3,(H,27,35)(H,29,34)(H,32,33)/t15-,17-,20?,22-/m0/s1. The fraction of sp³-hybridized carbons (Fsp3) is 0.462. The molecule has 1 aromatic carbocycles. The van der Waals surface area contributed by atoms with Crippen molar-refractivity contribution < 1.29 is 38.6 Å². The molecular weight excluding hydrogens is 528 g/mol. The molecular formula is C26H30N4O8S. The number of hydrogen-bond donors (Lipinski definition) is 3. The maximum absolute atomic E-state index is 13.5. The van der Waals surface area contributed by atoms with E-state index in [4.69, 9.17) is 14.6 Å². The van der Waals surface area contributed by atoms with E-state index in [1.165, 1.54) is 16.2 Å². The molecule has 1 aromatic heterocycles. The minimum Gasteiger partial charge on any atom is -0.485 e. The molecule has 4 atom stereocenters. The van der Waals surface area contributed by atoms with E-state index in [-0.39, 0.29) is 18.2 Å². The number of aliphatic carboxylic acids is 1. The number of thiazole rings is 1. The van der Waals surface area contributed by atoms with Gasteiger partial charge in [0.15, 0.2) is 17.6 Å². The average molecular weight is 559 g/mol. The molecule has 1 unspecified atom stereocenters. The summed E-state index contributed by atoms with van der Waals surface area (Å²) < 4.78 is 11.7. The molecule has 0 aliphatic carbocycles. The molecule has 0 spiro atoms. The van der Waals surface area contributed by atoms with E-state index in [2.05, 4.69) is 15.6 Å². The smallest absolute Gasteiger partial charge is 0.305 e. The molecule has 208 valence electrons. The summed E-state index contributed by atoms with van der Waals surface area (Å²) in [6.45, 7) is 4.09. The van der Waals surface area contributed by atoms with Gasteiger partial charge in [-0.05, 0) is 30.9 Å². The van der Waals surface area contributed by atoms with Crippen LogP contribution in [0.2, 0.25) is 0 Å². The summed E-state index contributed by atoms with van der Waals surface area (Å²) in [6.07, 6.45) is 0.233. The fourth-order valence-corrected chi connectivity index (χ4v) is 5.30. The lowest BCUT2D eigenvalue weighted by Gasteiger charge is -2.30. The first kappa shape index (κ1) is 28.0. The second-order valence-electron chi connectivity index (χ2n) is 9.67. The predicted molar refractivity (Wildman–Crippen MR) is 138 cm³/mol. The Balaban J connectivity index is 1.41.